The van der Waals surface area contributed by atoms with Gasteiger partial charge in [0.05, 0.1) is 12.2 Å². The number of hydrogen-bond acceptors (Lipinski definition) is 5. The van der Waals surface area contributed by atoms with Crippen LogP contribution in [-0.4, -0.2) is 51.2 Å². The van der Waals surface area contributed by atoms with Crippen molar-refractivity contribution < 1.29 is 30.7 Å². The minimum atomic E-state index is -0.502. The quantitative estimate of drug-likeness (QED) is 0.557. The van der Waals surface area contributed by atoms with Crippen LogP contribution in [-0.2, 0) is 11.3 Å². The summed E-state index contributed by atoms with van der Waals surface area (Å²) in [7, 11) is 0. The first-order chi connectivity index (χ1) is 12.5. The molecule has 8 heteroatoms. The smallest absolute Gasteiger partial charge is 0.240 e. The molecule has 0 unspecified atom stereocenters. The van der Waals surface area contributed by atoms with Gasteiger partial charge in [0.25, 0.3) is 0 Å². The molecule has 4 N–H and O–H groups in total. The molecule has 0 bridgehead atoms. The molecule has 29 heavy (non-hydrogen) atoms. The van der Waals surface area contributed by atoms with E-state index in [2.05, 4.69) is 11.9 Å². The fourth-order valence-corrected chi connectivity index (χ4v) is 2.16. The Hall–Kier alpha value is -1.87. The SMILES string of the molecule is C.C=CCO.CC(C)(C)O.Cc1cccc(CNC(=O)[C@@H]2CCCN2O)c1F.F.[HH]. The van der Waals surface area contributed by atoms with Crippen LogP contribution in [0.15, 0.2) is 30.9 Å². The number of carbonyl (C=O) groups is 1. The molecule has 0 aromatic heterocycles. The van der Waals surface area contributed by atoms with Gasteiger partial charge in [0, 0.05) is 20.1 Å². The molecule has 1 amide bonds. The largest absolute Gasteiger partial charge is 0.392 e. The highest BCUT2D eigenvalue weighted by molar-refractivity contribution is 5.81. The number of aryl methyl sites for hydroxylation is 1. The molecule has 0 saturated carbocycles. The van der Waals surface area contributed by atoms with Crippen molar-refractivity contribution >= 4 is 5.91 Å². The Kier molecular flexibility index (Phi) is 17.5. The maximum Gasteiger partial charge on any atom is 0.240 e. The van der Waals surface area contributed by atoms with Gasteiger partial charge in [-0.1, -0.05) is 31.7 Å². The fraction of sp³-hybridized carbons (Fsp3) is 0.571. The summed E-state index contributed by atoms with van der Waals surface area (Å²) in [5, 5.41) is 29.4. The van der Waals surface area contributed by atoms with Crippen LogP contribution >= 0.6 is 0 Å². The lowest BCUT2D eigenvalue weighted by Gasteiger charge is -2.17. The Morgan fingerprint density at radius 2 is 1.97 bits per heavy atom. The summed E-state index contributed by atoms with van der Waals surface area (Å²) in [6, 6.07) is 4.59. The molecular weight excluding hydrogens is 382 g/mol. The molecule has 1 atom stereocenters. The highest BCUT2D eigenvalue weighted by Gasteiger charge is 2.29. The van der Waals surface area contributed by atoms with Gasteiger partial charge in [-0.15, -0.1) is 6.58 Å². The second-order valence-electron chi connectivity index (χ2n) is 7.23. The van der Waals surface area contributed by atoms with Crippen LogP contribution in [0.5, 0.6) is 0 Å². The van der Waals surface area contributed by atoms with E-state index in [1.54, 1.807) is 45.9 Å². The average Bonchev–Trinajstić information content (AvgIpc) is 3.01. The standard InChI is InChI=1S/C13H17FN2O2.C4H10O.C3H6O.CH4.FH.H2/c1-9-4-2-5-10(12(9)14)8-15-13(17)11-6-3-7-16(11)18;1-4(2,3)5;1-2-3-4;;;/h2,4-5,11,18H,3,6-8H2,1H3,(H,15,17);5H,1-3H3;2,4H,1,3H2;1H4;2*1H/t11-;;;;;/m0...../s1. The zero-order valence-corrected chi connectivity index (χ0v) is 17.1. The number of rotatable bonds is 4. The second-order valence-corrected chi connectivity index (χ2v) is 7.23. The van der Waals surface area contributed by atoms with Gasteiger partial charge < -0.3 is 20.7 Å². The summed E-state index contributed by atoms with van der Waals surface area (Å²) >= 11 is 0. The molecule has 0 aliphatic carbocycles. The number of aliphatic hydroxyl groups excluding tert-OH is 1. The monoisotopic (exact) mass is 422 g/mol. The van der Waals surface area contributed by atoms with E-state index in [9.17, 15) is 14.4 Å². The number of carbonyl (C=O) groups excluding carboxylic acids is 1. The molecule has 1 aliphatic rings. The minimum Gasteiger partial charge on any atom is -0.392 e. The molecule has 1 saturated heterocycles. The van der Waals surface area contributed by atoms with E-state index in [-0.39, 0.29) is 38.4 Å². The predicted octanol–water partition coefficient (Wildman–Crippen LogP) is 3.58. The number of halogens is 2. The highest BCUT2D eigenvalue weighted by Crippen LogP contribution is 2.15. The van der Waals surface area contributed by atoms with Gasteiger partial charge in [-0.3, -0.25) is 9.50 Å². The third-order valence-electron chi connectivity index (χ3n) is 3.38. The molecular formula is C21H40F2N2O4. The molecule has 6 nitrogen and oxygen atoms in total. The van der Waals surface area contributed by atoms with Gasteiger partial charge >= 0.3 is 0 Å². The number of hydroxylamine groups is 2. The van der Waals surface area contributed by atoms with Crippen molar-refractivity contribution in [3.8, 4) is 0 Å². The van der Waals surface area contributed by atoms with Crippen molar-refractivity contribution in [1.29, 1.82) is 0 Å². The maximum absolute atomic E-state index is 13.7. The number of hydrogen-bond donors (Lipinski definition) is 4. The van der Waals surface area contributed by atoms with Crippen molar-refractivity contribution in [3.63, 3.8) is 0 Å². The molecule has 1 aliphatic heterocycles. The zero-order chi connectivity index (χ0) is 21.0. The molecule has 0 radical (unpaired) electrons. The predicted molar refractivity (Wildman–Crippen MR) is 115 cm³/mol. The molecule has 1 aromatic carbocycles. The minimum absolute atomic E-state index is 0. The number of amides is 1. The average molecular weight is 423 g/mol. The van der Waals surface area contributed by atoms with Gasteiger partial charge in [0.15, 0.2) is 0 Å². The van der Waals surface area contributed by atoms with Gasteiger partial charge in [0.2, 0.25) is 5.91 Å². The Morgan fingerprint density at radius 3 is 2.38 bits per heavy atom. The van der Waals surface area contributed by atoms with Crippen molar-refractivity contribution in [1.82, 2.24) is 10.4 Å². The third-order valence-corrected chi connectivity index (χ3v) is 3.38. The van der Waals surface area contributed by atoms with Crippen LogP contribution in [0.25, 0.3) is 0 Å². The van der Waals surface area contributed by atoms with E-state index in [1.807, 2.05) is 0 Å². The highest BCUT2D eigenvalue weighted by atomic mass is 19.1. The molecule has 0 spiro atoms. The van der Waals surface area contributed by atoms with Crippen molar-refractivity contribution in [2.24, 2.45) is 0 Å². The van der Waals surface area contributed by atoms with Crippen LogP contribution in [0.3, 0.4) is 0 Å². The first kappa shape index (κ1) is 31.8. The van der Waals surface area contributed by atoms with Crippen LogP contribution < -0.4 is 5.32 Å². The van der Waals surface area contributed by atoms with Crippen molar-refractivity contribution in [2.45, 2.75) is 66.2 Å². The molecule has 172 valence electrons. The summed E-state index contributed by atoms with van der Waals surface area (Å²) in [6.07, 6.45) is 2.87. The van der Waals surface area contributed by atoms with Gasteiger partial charge in [-0.2, -0.15) is 5.06 Å². The second kappa shape index (κ2) is 16.0. The van der Waals surface area contributed by atoms with Gasteiger partial charge in [-0.25, -0.2) is 4.39 Å². The van der Waals surface area contributed by atoms with Crippen LogP contribution in [0.1, 0.15) is 53.6 Å². The van der Waals surface area contributed by atoms with E-state index < -0.39 is 11.6 Å². The summed E-state index contributed by atoms with van der Waals surface area (Å²) in [5.41, 5.74) is 0.525. The fourth-order valence-electron chi connectivity index (χ4n) is 2.16. The number of aliphatic hydroxyl groups is 2. The molecule has 1 aromatic rings. The van der Waals surface area contributed by atoms with Gasteiger partial charge in [-0.05, 0) is 46.1 Å². The third kappa shape index (κ3) is 14.7. The van der Waals surface area contributed by atoms with E-state index >= 15 is 0 Å². The Balaban J connectivity index is -0.000000242. The summed E-state index contributed by atoms with van der Waals surface area (Å²) in [5.74, 6) is -0.541. The van der Waals surface area contributed by atoms with E-state index in [0.717, 1.165) is 11.5 Å². The van der Waals surface area contributed by atoms with Crippen molar-refractivity contribution in [3.05, 3.63) is 47.8 Å². The van der Waals surface area contributed by atoms with Crippen LogP contribution in [0.2, 0.25) is 0 Å². The van der Waals surface area contributed by atoms with Crippen LogP contribution in [0, 0.1) is 12.7 Å². The molecule has 1 heterocycles. The summed E-state index contributed by atoms with van der Waals surface area (Å²) in [6.45, 7) is 10.9. The normalized spacial score (nSPS) is 15.4. The topological polar surface area (TPSA) is 93.0 Å². The van der Waals surface area contributed by atoms with Crippen molar-refractivity contribution in [2.75, 3.05) is 13.2 Å². The van der Waals surface area contributed by atoms with E-state index in [1.165, 1.54) is 6.08 Å². The van der Waals surface area contributed by atoms with Crippen LogP contribution in [0.4, 0.5) is 9.09 Å². The van der Waals surface area contributed by atoms with Gasteiger partial charge in [0.1, 0.15) is 11.9 Å². The Morgan fingerprint density at radius 1 is 1.45 bits per heavy atom. The Bertz CT molecular complexity index is 593. The zero-order valence-electron chi connectivity index (χ0n) is 17.1. The van der Waals surface area contributed by atoms with E-state index in [0.29, 0.717) is 24.1 Å². The van der Waals surface area contributed by atoms with E-state index in [4.69, 9.17) is 10.2 Å². The Labute approximate surface area is 174 Å². The lowest BCUT2D eigenvalue weighted by molar-refractivity contribution is -0.145. The molecule has 2 rings (SSSR count). The molecule has 1 fully saturated rings. The lowest BCUT2D eigenvalue weighted by atomic mass is 10.1. The first-order valence-corrected chi connectivity index (χ1v) is 8.92. The number of benzene rings is 1. The first-order valence-electron chi connectivity index (χ1n) is 8.92. The summed E-state index contributed by atoms with van der Waals surface area (Å²) in [4.78, 5) is 11.8. The lowest BCUT2D eigenvalue weighted by Crippen LogP contribution is -2.41. The number of nitrogens with one attached hydrogen (secondary N) is 1. The maximum atomic E-state index is 13.7. The number of nitrogens with zero attached hydrogens (tertiary/aromatic N) is 1. The summed E-state index contributed by atoms with van der Waals surface area (Å²) < 4.78 is 13.7.